The number of Topliss-reactive ketones (excluding diaryl/α,β-unsaturated/α-hetero) is 1. The minimum absolute atomic E-state index is 0.0368. The van der Waals surface area contributed by atoms with Crippen LogP contribution >= 0.6 is 0 Å². The van der Waals surface area contributed by atoms with Gasteiger partial charge in [0.15, 0.2) is 5.78 Å². The number of hydrogen-bond donors (Lipinski definition) is 1. The molecule has 2 aromatic rings. The maximum absolute atomic E-state index is 12.6. The number of nitrogens with zero attached hydrogens (tertiary/aromatic N) is 1. The summed E-state index contributed by atoms with van der Waals surface area (Å²) < 4.78 is 26.2. The number of aryl methyl sites for hydroxylation is 1. The lowest BCUT2D eigenvalue weighted by molar-refractivity contribution is -0.121. The number of sulfonamides is 1. The van der Waals surface area contributed by atoms with Crippen molar-refractivity contribution < 1.29 is 18.0 Å². The smallest absolute Gasteiger partial charge is 0.243 e. The van der Waals surface area contributed by atoms with Crippen LogP contribution in [-0.2, 0) is 14.8 Å². The molecule has 1 N–H and O–H groups in total. The molecule has 27 heavy (non-hydrogen) atoms. The van der Waals surface area contributed by atoms with Crippen molar-refractivity contribution >= 4 is 21.7 Å². The number of rotatable bonds is 7. The summed E-state index contributed by atoms with van der Waals surface area (Å²) >= 11 is 0. The number of benzene rings is 2. The van der Waals surface area contributed by atoms with Crippen molar-refractivity contribution in [2.75, 3.05) is 13.6 Å². The van der Waals surface area contributed by atoms with E-state index in [-0.39, 0.29) is 23.3 Å². The molecule has 7 heteroatoms. The van der Waals surface area contributed by atoms with Crippen LogP contribution in [0.3, 0.4) is 0 Å². The topological polar surface area (TPSA) is 83.6 Å². The summed E-state index contributed by atoms with van der Waals surface area (Å²) in [4.78, 5) is 23.7. The molecule has 0 spiro atoms. The van der Waals surface area contributed by atoms with Gasteiger partial charge >= 0.3 is 0 Å². The van der Waals surface area contributed by atoms with Gasteiger partial charge in [0.2, 0.25) is 15.9 Å². The van der Waals surface area contributed by atoms with E-state index >= 15 is 0 Å². The lowest BCUT2D eigenvalue weighted by Gasteiger charge is -2.20. The Morgan fingerprint density at radius 2 is 1.67 bits per heavy atom. The van der Waals surface area contributed by atoms with Gasteiger partial charge in [0, 0.05) is 12.6 Å². The molecule has 0 saturated carbocycles. The standard InChI is InChI=1S/C20H24N2O4S/c1-14-7-5-6-8-19(14)15(2)21-20(24)13-22(4)27(25,26)18-11-9-17(10-12-18)16(3)23/h5-12,15H,13H2,1-4H3,(H,21,24). The van der Waals surface area contributed by atoms with Crippen LogP contribution in [0.15, 0.2) is 53.4 Å². The predicted octanol–water partition coefficient (Wildman–Crippen LogP) is 2.70. The van der Waals surface area contributed by atoms with Crippen LogP contribution in [0.2, 0.25) is 0 Å². The molecule has 144 valence electrons. The second kappa shape index (κ2) is 8.45. The Balaban J connectivity index is 2.06. The summed E-state index contributed by atoms with van der Waals surface area (Å²) in [5.74, 6) is -0.533. The second-order valence-electron chi connectivity index (χ2n) is 6.49. The van der Waals surface area contributed by atoms with Gasteiger partial charge in [-0.15, -0.1) is 0 Å². The van der Waals surface area contributed by atoms with Crippen LogP contribution in [0.1, 0.15) is 41.4 Å². The highest BCUT2D eigenvalue weighted by Gasteiger charge is 2.24. The zero-order chi connectivity index (χ0) is 20.2. The molecule has 0 heterocycles. The van der Waals surface area contributed by atoms with Crippen LogP contribution in [-0.4, -0.2) is 38.0 Å². The lowest BCUT2D eigenvalue weighted by Crippen LogP contribution is -2.39. The zero-order valence-corrected chi connectivity index (χ0v) is 16.7. The molecule has 0 aliphatic rings. The van der Waals surface area contributed by atoms with Gasteiger partial charge < -0.3 is 5.32 Å². The number of amides is 1. The molecule has 0 saturated heterocycles. The first-order valence-electron chi connectivity index (χ1n) is 8.55. The van der Waals surface area contributed by atoms with E-state index in [0.717, 1.165) is 15.4 Å². The van der Waals surface area contributed by atoms with Gasteiger partial charge in [0.05, 0.1) is 17.5 Å². The van der Waals surface area contributed by atoms with Gasteiger partial charge in [-0.2, -0.15) is 4.31 Å². The summed E-state index contributed by atoms with van der Waals surface area (Å²) in [5.41, 5.74) is 2.47. The van der Waals surface area contributed by atoms with E-state index in [9.17, 15) is 18.0 Å². The predicted molar refractivity (Wildman–Crippen MR) is 104 cm³/mol. The molecule has 1 atom stereocenters. The van der Waals surface area contributed by atoms with Crippen molar-refractivity contribution in [1.29, 1.82) is 0 Å². The van der Waals surface area contributed by atoms with Gasteiger partial charge in [0.1, 0.15) is 0 Å². The monoisotopic (exact) mass is 388 g/mol. The van der Waals surface area contributed by atoms with E-state index in [0.29, 0.717) is 5.56 Å². The fourth-order valence-electron chi connectivity index (χ4n) is 2.77. The quantitative estimate of drug-likeness (QED) is 0.739. The molecule has 0 aliphatic heterocycles. The molecule has 0 bridgehead atoms. The molecular weight excluding hydrogens is 364 g/mol. The minimum atomic E-state index is -3.82. The lowest BCUT2D eigenvalue weighted by atomic mass is 10.0. The molecule has 1 amide bonds. The minimum Gasteiger partial charge on any atom is -0.348 e. The molecular formula is C20H24N2O4S. The third kappa shape index (κ3) is 5.02. The summed E-state index contributed by atoms with van der Waals surface area (Å²) in [7, 11) is -2.47. The number of carbonyl (C=O) groups excluding carboxylic acids is 2. The first kappa shape index (κ1) is 20.8. The average Bonchev–Trinajstić information content (AvgIpc) is 2.61. The fraction of sp³-hybridized carbons (Fsp3) is 0.300. The van der Waals surface area contributed by atoms with E-state index in [1.54, 1.807) is 0 Å². The van der Waals surface area contributed by atoms with E-state index < -0.39 is 15.9 Å². The summed E-state index contributed by atoms with van der Waals surface area (Å²) in [6, 6.07) is 13.1. The van der Waals surface area contributed by atoms with Gasteiger partial charge in [-0.3, -0.25) is 9.59 Å². The third-order valence-electron chi connectivity index (χ3n) is 4.37. The Labute approximate surface area is 160 Å². The van der Waals surface area contributed by atoms with Crippen LogP contribution in [0.5, 0.6) is 0 Å². The van der Waals surface area contributed by atoms with E-state index in [2.05, 4.69) is 5.32 Å². The Morgan fingerprint density at radius 3 is 2.22 bits per heavy atom. The Morgan fingerprint density at radius 1 is 1.07 bits per heavy atom. The number of nitrogens with one attached hydrogen (secondary N) is 1. The summed E-state index contributed by atoms with van der Waals surface area (Å²) in [6.07, 6.45) is 0. The molecule has 0 aliphatic carbocycles. The van der Waals surface area contributed by atoms with Crippen LogP contribution < -0.4 is 5.32 Å². The van der Waals surface area contributed by atoms with Crippen molar-refractivity contribution in [3.8, 4) is 0 Å². The highest BCUT2D eigenvalue weighted by Crippen LogP contribution is 2.18. The van der Waals surface area contributed by atoms with Crippen LogP contribution in [0, 0.1) is 6.92 Å². The number of ketones is 1. The maximum Gasteiger partial charge on any atom is 0.243 e. The van der Waals surface area contributed by atoms with E-state index in [1.165, 1.54) is 38.2 Å². The van der Waals surface area contributed by atoms with Gasteiger partial charge in [-0.1, -0.05) is 36.4 Å². The van der Waals surface area contributed by atoms with Crippen LogP contribution in [0.4, 0.5) is 0 Å². The van der Waals surface area contributed by atoms with E-state index in [4.69, 9.17) is 0 Å². The van der Waals surface area contributed by atoms with Crippen molar-refractivity contribution in [3.05, 3.63) is 65.2 Å². The normalized spacial score (nSPS) is 12.6. The highest BCUT2D eigenvalue weighted by molar-refractivity contribution is 7.89. The molecule has 0 aromatic heterocycles. The summed E-state index contributed by atoms with van der Waals surface area (Å²) in [6.45, 7) is 4.93. The van der Waals surface area contributed by atoms with Crippen molar-refractivity contribution in [2.24, 2.45) is 0 Å². The molecule has 0 fully saturated rings. The average molecular weight is 388 g/mol. The fourth-order valence-corrected chi connectivity index (χ4v) is 3.89. The summed E-state index contributed by atoms with van der Waals surface area (Å²) in [5, 5.41) is 2.83. The number of carbonyl (C=O) groups is 2. The van der Waals surface area contributed by atoms with E-state index in [1.807, 2.05) is 38.1 Å². The molecule has 0 radical (unpaired) electrons. The largest absolute Gasteiger partial charge is 0.348 e. The van der Waals surface area contributed by atoms with Gasteiger partial charge in [0.25, 0.3) is 0 Å². The van der Waals surface area contributed by atoms with Gasteiger partial charge in [-0.25, -0.2) is 8.42 Å². The maximum atomic E-state index is 12.6. The van der Waals surface area contributed by atoms with Crippen molar-refractivity contribution in [1.82, 2.24) is 9.62 Å². The van der Waals surface area contributed by atoms with Crippen molar-refractivity contribution in [2.45, 2.75) is 31.7 Å². The molecule has 2 rings (SSSR count). The Kier molecular flexibility index (Phi) is 6.51. The zero-order valence-electron chi connectivity index (χ0n) is 15.9. The first-order valence-corrected chi connectivity index (χ1v) is 9.99. The first-order chi connectivity index (χ1) is 12.6. The Hall–Kier alpha value is -2.51. The van der Waals surface area contributed by atoms with Crippen LogP contribution in [0.25, 0.3) is 0 Å². The molecule has 2 aromatic carbocycles. The Bertz CT molecular complexity index is 937. The molecule has 1 unspecified atom stereocenters. The van der Waals surface area contributed by atoms with Gasteiger partial charge in [-0.05, 0) is 44.0 Å². The van der Waals surface area contributed by atoms with Crippen molar-refractivity contribution in [3.63, 3.8) is 0 Å². The SMILES string of the molecule is CC(=O)c1ccc(S(=O)(=O)N(C)CC(=O)NC(C)c2ccccc2C)cc1. The third-order valence-corrected chi connectivity index (χ3v) is 6.19. The highest BCUT2D eigenvalue weighted by atomic mass is 32.2. The number of hydrogen-bond acceptors (Lipinski definition) is 4. The molecule has 6 nitrogen and oxygen atoms in total. The number of likely N-dealkylation sites (N-methyl/N-ethyl adjacent to an activating group) is 1. The second-order valence-corrected chi connectivity index (χ2v) is 8.53.